The minimum Gasteiger partial charge on any atom is -0.493 e. The standard InChI is InChI=1S/C26H22ClNO4S2/c1-17-8-6-7-11-21(17)31-12-13-32-24-20(27)14-18(15-22(24)30-2)16-23-25(29)28(26(33)34-23)19-9-4-3-5-10-19/h3-11,14-16H,12-13H2,1-2H3. The summed E-state index contributed by atoms with van der Waals surface area (Å²) in [5, 5.41) is 0.375. The van der Waals surface area contributed by atoms with Crippen molar-refractivity contribution in [3.8, 4) is 17.2 Å². The number of carbonyl (C=O) groups is 1. The number of benzene rings is 3. The van der Waals surface area contributed by atoms with Gasteiger partial charge in [0, 0.05) is 0 Å². The van der Waals surface area contributed by atoms with Crippen LogP contribution in [0, 0.1) is 6.92 Å². The van der Waals surface area contributed by atoms with E-state index in [1.165, 1.54) is 16.7 Å². The number of hydrogen-bond acceptors (Lipinski definition) is 6. The fourth-order valence-corrected chi connectivity index (χ4v) is 4.97. The number of rotatable bonds is 8. The molecule has 174 valence electrons. The van der Waals surface area contributed by atoms with E-state index in [0.717, 1.165) is 17.0 Å². The van der Waals surface area contributed by atoms with Crippen molar-refractivity contribution < 1.29 is 19.0 Å². The van der Waals surface area contributed by atoms with Crippen LogP contribution in [-0.2, 0) is 4.79 Å². The van der Waals surface area contributed by atoms with Crippen molar-refractivity contribution in [1.82, 2.24) is 0 Å². The molecule has 0 N–H and O–H groups in total. The third kappa shape index (κ3) is 5.38. The number of para-hydroxylation sites is 2. The molecule has 0 bridgehead atoms. The second-order valence-electron chi connectivity index (χ2n) is 7.35. The maximum atomic E-state index is 13.0. The molecule has 1 aliphatic rings. The largest absolute Gasteiger partial charge is 0.493 e. The van der Waals surface area contributed by atoms with Crippen molar-refractivity contribution in [2.24, 2.45) is 0 Å². The summed E-state index contributed by atoms with van der Waals surface area (Å²) in [4.78, 5) is 15.0. The first-order valence-corrected chi connectivity index (χ1v) is 12.1. The molecule has 1 aliphatic heterocycles. The Bertz CT molecular complexity index is 1250. The van der Waals surface area contributed by atoms with Crippen LogP contribution in [0.1, 0.15) is 11.1 Å². The van der Waals surface area contributed by atoms with Gasteiger partial charge in [0.25, 0.3) is 5.91 Å². The number of amides is 1. The Morgan fingerprint density at radius 2 is 1.71 bits per heavy atom. The fourth-order valence-electron chi connectivity index (χ4n) is 3.40. The molecule has 1 amide bonds. The first kappa shape index (κ1) is 24.1. The number of anilines is 1. The molecule has 3 aromatic rings. The SMILES string of the molecule is COc1cc(C=C2SC(=S)N(c3ccccc3)C2=O)cc(Cl)c1OCCOc1ccccc1C. The van der Waals surface area contributed by atoms with Crippen molar-refractivity contribution in [3.63, 3.8) is 0 Å². The summed E-state index contributed by atoms with van der Waals surface area (Å²) in [5.41, 5.74) is 2.50. The van der Waals surface area contributed by atoms with Gasteiger partial charge >= 0.3 is 0 Å². The molecular formula is C26H22ClNO4S2. The predicted molar refractivity (Wildman–Crippen MR) is 142 cm³/mol. The minimum atomic E-state index is -0.176. The predicted octanol–water partition coefficient (Wildman–Crippen LogP) is 6.52. The highest BCUT2D eigenvalue weighted by atomic mass is 35.5. The second-order valence-corrected chi connectivity index (χ2v) is 9.43. The minimum absolute atomic E-state index is 0.176. The Morgan fingerprint density at radius 3 is 2.44 bits per heavy atom. The number of carbonyl (C=O) groups excluding carboxylic acids is 1. The van der Waals surface area contributed by atoms with Crippen LogP contribution in [0.4, 0.5) is 5.69 Å². The zero-order valence-electron chi connectivity index (χ0n) is 18.6. The fraction of sp³-hybridized carbons (Fsp3) is 0.154. The Balaban J connectivity index is 1.47. The molecule has 1 heterocycles. The zero-order chi connectivity index (χ0) is 24.1. The molecule has 1 fully saturated rings. The summed E-state index contributed by atoms with van der Waals surface area (Å²) in [6, 6.07) is 20.6. The van der Waals surface area contributed by atoms with E-state index in [2.05, 4.69) is 0 Å². The lowest BCUT2D eigenvalue weighted by atomic mass is 10.1. The Hall–Kier alpha value is -3.00. The van der Waals surface area contributed by atoms with E-state index in [4.69, 9.17) is 38.0 Å². The quantitative estimate of drug-likeness (QED) is 0.195. The number of methoxy groups -OCH3 is 1. The van der Waals surface area contributed by atoms with E-state index >= 15 is 0 Å². The van der Waals surface area contributed by atoms with Crippen LogP contribution in [0.25, 0.3) is 6.08 Å². The maximum absolute atomic E-state index is 13.0. The van der Waals surface area contributed by atoms with E-state index in [1.807, 2.05) is 61.5 Å². The van der Waals surface area contributed by atoms with Gasteiger partial charge in [-0.25, -0.2) is 0 Å². The Kier molecular flexibility index (Phi) is 7.77. The average molecular weight is 512 g/mol. The lowest BCUT2D eigenvalue weighted by Gasteiger charge is -2.15. The summed E-state index contributed by atoms with van der Waals surface area (Å²) in [6.45, 7) is 2.63. The summed E-state index contributed by atoms with van der Waals surface area (Å²) in [5.74, 6) is 1.53. The summed E-state index contributed by atoms with van der Waals surface area (Å²) < 4.78 is 17.6. The number of hydrogen-bond donors (Lipinski definition) is 0. The number of ether oxygens (including phenoxy) is 3. The lowest BCUT2D eigenvalue weighted by Crippen LogP contribution is -2.27. The van der Waals surface area contributed by atoms with Gasteiger partial charge in [0.05, 0.1) is 22.7 Å². The number of halogens is 1. The molecule has 0 aliphatic carbocycles. The van der Waals surface area contributed by atoms with Crippen LogP contribution < -0.4 is 19.1 Å². The molecule has 34 heavy (non-hydrogen) atoms. The molecular weight excluding hydrogens is 490 g/mol. The number of thiocarbonyl (C=S) groups is 1. The number of nitrogens with zero attached hydrogens (tertiary/aromatic N) is 1. The van der Waals surface area contributed by atoms with E-state index < -0.39 is 0 Å². The number of aryl methyl sites for hydroxylation is 1. The van der Waals surface area contributed by atoms with Gasteiger partial charge in [-0.15, -0.1) is 0 Å². The molecule has 0 spiro atoms. The monoisotopic (exact) mass is 511 g/mol. The second kappa shape index (κ2) is 11.0. The van der Waals surface area contributed by atoms with Crippen molar-refractivity contribution in [1.29, 1.82) is 0 Å². The summed E-state index contributed by atoms with van der Waals surface area (Å²) in [7, 11) is 1.54. The van der Waals surface area contributed by atoms with E-state index in [1.54, 1.807) is 25.3 Å². The molecule has 8 heteroatoms. The van der Waals surface area contributed by atoms with E-state index in [9.17, 15) is 4.79 Å². The summed E-state index contributed by atoms with van der Waals surface area (Å²) in [6.07, 6.45) is 1.75. The summed E-state index contributed by atoms with van der Waals surface area (Å²) >= 11 is 13.2. The first-order valence-electron chi connectivity index (χ1n) is 10.5. The molecule has 5 nitrogen and oxygen atoms in total. The van der Waals surface area contributed by atoms with Crippen molar-refractivity contribution in [2.45, 2.75) is 6.92 Å². The molecule has 0 aromatic heterocycles. The number of thioether (sulfide) groups is 1. The highest BCUT2D eigenvalue weighted by Gasteiger charge is 2.33. The molecule has 1 saturated heterocycles. The normalized spacial score (nSPS) is 14.6. The Labute approximate surface area is 213 Å². The van der Waals surface area contributed by atoms with Gasteiger partial charge in [-0.2, -0.15) is 0 Å². The van der Waals surface area contributed by atoms with Gasteiger partial charge < -0.3 is 14.2 Å². The topological polar surface area (TPSA) is 48.0 Å². The lowest BCUT2D eigenvalue weighted by molar-refractivity contribution is -0.113. The average Bonchev–Trinajstić information content (AvgIpc) is 3.11. The Morgan fingerprint density at radius 1 is 1.00 bits per heavy atom. The molecule has 3 aromatic carbocycles. The van der Waals surface area contributed by atoms with Crippen LogP contribution in [0.5, 0.6) is 17.2 Å². The van der Waals surface area contributed by atoms with Gasteiger partial charge in [0.15, 0.2) is 15.8 Å². The van der Waals surface area contributed by atoms with Gasteiger partial charge in [-0.1, -0.05) is 72.0 Å². The third-order valence-corrected chi connectivity index (χ3v) is 6.62. The molecule has 0 atom stereocenters. The van der Waals surface area contributed by atoms with Gasteiger partial charge in [0.2, 0.25) is 0 Å². The molecule has 0 radical (unpaired) electrons. The highest BCUT2D eigenvalue weighted by molar-refractivity contribution is 8.27. The van der Waals surface area contributed by atoms with E-state index in [0.29, 0.717) is 44.5 Å². The smallest absolute Gasteiger partial charge is 0.270 e. The maximum Gasteiger partial charge on any atom is 0.270 e. The van der Waals surface area contributed by atoms with Crippen molar-refractivity contribution >= 4 is 57.6 Å². The van der Waals surface area contributed by atoms with E-state index in [-0.39, 0.29) is 5.91 Å². The molecule has 0 unspecified atom stereocenters. The van der Waals surface area contributed by atoms with Gasteiger partial charge in [0.1, 0.15) is 19.0 Å². The third-order valence-electron chi connectivity index (χ3n) is 5.04. The van der Waals surface area contributed by atoms with Crippen molar-refractivity contribution in [2.75, 3.05) is 25.2 Å². The molecule has 0 saturated carbocycles. The van der Waals surface area contributed by atoms with Crippen molar-refractivity contribution in [3.05, 3.63) is 87.8 Å². The van der Waals surface area contributed by atoms with Crippen LogP contribution in [-0.4, -0.2) is 30.6 Å². The first-order chi connectivity index (χ1) is 16.5. The van der Waals surface area contributed by atoms with Gasteiger partial charge in [-0.05, 0) is 54.5 Å². The van der Waals surface area contributed by atoms with Gasteiger partial charge in [-0.3, -0.25) is 9.69 Å². The van der Waals surface area contributed by atoms with Crippen LogP contribution >= 0.6 is 35.6 Å². The molecule has 4 rings (SSSR count). The van der Waals surface area contributed by atoms with Crippen LogP contribution in [0.3, 0.4) is 0 Å². The van der Waals surface area contributed by atoms with Crippen LogP contribution in [0.2, 0.25) is 5.02 Å². The highest BCUT2D eigenvalue weighted by Crippen LogP contribution is 2.40. The zero-order valence-corrected chi connectivity index (χ0v) is 21.0. The van der Waals surface area contributed by atoms with Crippen LogP contribution in [0.15, 0.2) is 71.6 Å².